The van der Waals surface area contributed by atoms with Crippen molar-refractivity contribution in [1.82, 2.24) is 24.8 Å². The molecule has 12 heteroatoms. The van der Waals surface area contributed by atoms with Gasteiger partial charge in [-0.3, -0.25) is 0 Å². The van der Waals surface area contributed by atoms with E-state index in [1.54, 1.807) is 12.1 Å². The summed E-state index contributed by atoms with van der Waals surface area (Å²) in [7, 11) is 0. The van der Waals surface area contributed by atoms with Gasteiger partial charge >= 0.3 is 0 Å². The molecule has 38 heavy (non-hydrogen) atoms. The van der Waals surface area contributed by atoms with Crippen LogP contribution in [-0.4, -0.2) is 82.3 Å². The van der Waals surface area contributed by atoms with Gasteiger partial charge in [-0.05, 0) is 50.0 Å². The summed E-state index contributed by atoms with van der Waals surface area (Å²) >= 11 is 7.25. The normalized spacial score (nSPS) is 17.7. The molecule has 5 heterocycles. The number of hydrogen-bond donors (Lipinski definition) is 1. The molecule has 0 spiro atoms. The van der Waals surface area contributed by atoms with Crippen LogP contribution in [0.2, 0.25) is 0 Å². The lowest BCUT2D eigenvalue weighted by atomic mass is 10.1. The van der Waals surface area contributed by atoms with E-state index < -0.39 is 0 Å². The Morgan fingerprint density at radius 3 is 1.82 bits per heavy atom. The van der Waals surface area contributed by atoms with E-state index in [9.17, 15) is 0 Å². The van der Waals surface area contributed by atoms with Gasteiger partial charge in [-0.2, -0.15) is 20.2 Å². The summed E-state index contributed by atoms with van der Waals surface area (Å²) in [5.41, 5.74) is 2.48. The van der Waals surface area contributed by atoms with Crippen LogP contribution in [0.25, 0.3) is 11.3 Å². The van der Waals surface area contributed by atoms with Crippen molar-refractivity contribution < 1.29 is 0 Å². The smallest absolute Gasteiger partial charge is 0.232 e. The van der Waals surface area contributed by atoms with Crippen LogP contribution < -0.4 is 20.0 Å². The zero-order valence-electron chi connectivity index (χ0n) is 21.2. The lowest BCUT2D eigenvalue weighted by molar-refractivity contribution is 0.388. The molecular formula is C26H30N10S2. The van der Waals surface area contributed by atoms with Crippen LogP contribution in [0.1, 0.15) is 31.2 Å². The first-order chi connectivity index (χ1) is 18.7. The van der Waals surface area contributed by atoms with E-state index in [1.165, 1.54) is 37.0 Å². The van der Waals surface area contributed by atoms with Crippen molar-refractivity contribution in [3.63, 3.8) is 0 Å². The molecule has 6 rings (SSSR count). The molecular weight excluding hydrogens is 516 g/mol. The standard InChI is InChI=1S/C26H30N10S2/c27-17-19-5-7-20(8-6-19)21-18-38-25(28-21)32-26(37)36-15-13-35(14-16-36)24-30-22(33-9-1-2-10-33)29-23(31-24)34-11-3-4-12-34/h5-8,18H,1-4,9-16H2,(H,28,32,37). The number of nitrogens with zero attached hydrogens (tertiary/aromatic N) is 9. The highest BCUT2D eigenvalue weighted by atomic mass is 32.1. The first-order valence-electron chi connectivity index (χ1n) is 13.2. The van der Waals surface area contributed by atoms with Gasteiger partial charge in [-0.25, -0.2) is 4.98 Å². The van der Waals surface area contributed by atoms with Crippen molar-refractivity contribution in [3.05, 3.63) is 35.2 Å². The first-order valence-corrected chi connectivity index (χ1v) is 14.5. The maximum atomic E-state index is 9.01. The minimum atomic E-state index is 0.638. The molecule has 3 aliphatic rings. The van der Waals surface area contributed by atoms with Crippen molar-refractivity contribution in [1.29, 1.82) is 5.26 Å². The number of aromatic nitrogens is 4. The molecule has 0 saturated carbocycles. The Hall–Kier alpha value is -3.56. The molecule has 0 atom stereocenters. The Kier molecular flexibility index (Phi) is 7.20. The molecule has 3 saturated heterocycles. The predicted molar refractivity (Wildman–Crippen MR) is 155 cm³/mol. The van der Waals surface area contributed by atoms with Gasteiger partial charge in [-0.1, -0.05) is 12.1 Å². The number of nitriles is 1. The number of thiocarbonyl (C=S) groups is 1. The summed E-state index contributed by atoms with van der Waals surface area (Å²) < 4.78 is 0. The molecule has 196 valence electrons. The van der Waals surface area contributed by atoms with Gasteiger partial charge in [0.15, 0.2) is 10.2 Å². The number of nitrogens with one attached hydrogen (secondary N) is 1. The largest absolute Gasteiger partial charge is 0.345 e. The number of thiazole rings is 1. The Morgan fingerprint density at radius 2 is 1.29 bits per heavy atom. The van der Waals surface area contributed by atoms with E-state index in [1.807, 2.05) is 17.5 Å². The molecule has 0 bridgehead atoms. The first kappa shape index (κ1) is 24.8. The highest BCUT2D eigenvalue weighted by Crippen LogP contribution is 2.27. The number of hydrogen-bond acceptors (Lipinski definition) is 10. The minimum absolute atomic E-state index is 0.638. The molecule has 2 aromatic heterocycles. The molecule has 3 aliphatic heterocycles. The fourth-order valence-corrected chi connectivity index (χ4v) is 6.12. The number of benzene rings is 1. The summed E-state index contributed by atoms with van der Waals surface area (Å²) in [4.78, 5) is 28.4. The lowest BCUT2D eigenvalue weighted by Crippen LogP contribution is -2.50. The number of anilines is 4. The predicted octanol–water partition coefficient (Wildman–Crippen LogP) is 3.59. The van der Waals surface area contributed by atoms with Gasteiger partial charge in [0.2, 0.25) is 17.8 Å². The van der Waals surface area contributed by atoms with Gasteiger partial charge in [0.25, 0.3) is 0 Å². The van der Waals surface area contributed by atoms with E-state index in [0.29, 0.717) is 10.7 Å². The van der Waals surface area contributed by atoms with Crippen LogP contribution in [0, 0.1) is 11.3 Å². The van der Waals surface area contributed by atoms with Crippen molar-refractivity contribution in [2.24, 2.45) is 0 Å². The van der Waals surface area contributed by atoms with Crippen LogP contribution >= 0.6 is 23.6 Å². The highest BCUT2D eigenvalue weighted by molar-refractivity contribution is 7.80. The summed E-state index contributed by atoms with van der Waals surface area (Å²) in [6.45, 7) is 7.20. The van der Waals surface area contributed by atoms with Gasteiger partial charge < -0.3 is 24.9 Å². The third kappa shape index (κ3) is 5.35. The van der Waals surface area contributed by atoms with Gasteiger partial charge in [0.1, 0.15) is 0 Å². The average molecular weight is 547 g/mol. The second kappa shape index (κ2) is 11.0. The summed E-state index contributed by atoms with van der Waals surface area (Å²) in [5.74, 6) is 2.40. The Labute approximate surface area is 231 Å². The van der Waals surface area contributed by atoms with Crippen molar-refractivity contribution in [3.8, 4) is 17.3 Å². The number of piperazine rings is 1. The van der Waals surface area contributed by atoms with Crippen LogP contribution in [-0.2, 0) is 0 Å². The second-order valence-electron chi connectivity index (χ2n) is 9.76. The monoisotopic (exact) mass is 546 g/mol. The molecule has 0 aliphatic carbocycles. The Balaban J connectivity index is 1.09. The van der Waals surface area contributed by atoms with Crippen molar-refractivity contribution in [2.75, 3.05) is 72.4 Å². The minimum Gasteiger partial charge on any atom is -0.345 e. The maximum absolute atomic E-state index is 9.01. The van der Waals surface area contributed by atoms with Gasteiger partial charge in [-0.15, -0.1) is 11.3 Å². The zero-order chi connectivity index (χ0) is 25.9. The average Bonchev–Trinajstić information content (AvgIpc) is 3.76. The van der Waals surface area contributed by atoms with E-state index in [0.717, 1.165) is 86.6 Å². The molecule has 0 radical (unpaired) electrons. The van der Waals surface area contributed by atoms with E-state index >= 15 is 0 Å². The van der Waals surface area contributed by atoms with E-state index in [-0.39, 0.29) is 0 Å². The fraction of sp³-hybridized carbons (Fsp3) is 0.462. The molecule has 0 amide bonds. The van der Waals surface area contributed by atoms with E-state index in [2.05, 4.69) is 31.0 Å². The molecule has 1 N–H and O–H groups in total. The quantitative estimate of drug-likeness (QED) is 0.475. The number of rotatable bonds is 5. The molecule has 3 fully saturated rings. The lowest BCUT2D eigenvalue weighted by Gasteiger charge is -2.36. The SMILES string of the molecule is N#Cc1ccc(-c2csc(NC(=S)N3CCN(c4nc(N5CCCC5)nc(N5CCCC5)n4)CC3)n2)cc1. The molecule has 0 unspecified atom stereocenters. The van der Waals surface area contributed by atoms with Gasteiger partial charge in [0.05, 0.1) is 17.3 Å². The zero-order valence-corrected chi connectivity index (χ0v) is 22.8. The molecule has 10 nitrogen and oxygen atoms in total. The molecule has 1 aromatic carbocycles. The van der Waals surface area contributed by atoms with Crippen LogP contribution in [0.15, 0.2) is 29.6 Å². The maximum Gasteiger partial charge on any atom is 0.232 e. The molecule has 3 aromatic rings. The summed E-state index contributed by atoms with van der Waals surface area (Å²) in [5, 5.41) is 15.8. The highest BCUT2D eigenvalue weighted by Gasteiger charge is 2.26. The third-order valence-corrected chi connectivity index (χ3v) is 8.37. The van der Waals surface area contributed by atoms with Crippen LogP contribution in [0.3, 0.4) is 0 Å². The summed E-state index contributed by atoms with van der Waals surface area (Å²) in [6, 6.07) is 9.59. The second-order valence-corrected chi connectivity index (χ2v) is 11.0. The van der Waals surface area contributed by atoms with Gasteiger partial charge in [0, 0.05) is 63.3 Å². The fourth-order valence-electron chi connectivity index (χ4n) is 5.06. The van der Waals surface area contributed by atoms with E-state index in [4.69, 9.17) is 37.4 Å². The summed E-state index contributed by atoms with van der Waals surface area (Å²) in [6.07, 6.45) is 4.77. The Morgan fingerprint density at radius 1 is 0.763 bits per heavy atom. The third-order valence-electron chi connectivity index (χ3n) is 7.26. The van der Waals surface area contributed by atoms with Crippen molar-refractivity contribution >= 4 is 51.6 Å². The topological polar surface area (TPSA) is 100 Å². The van der Waals surface area contributed by atoms with Crippen LogP contribution in [0.4, 0.5) is 23.0 Å². The Bertz CT molecular complexity index is 1280. The van der Waals surface area contributed by atoms with Crippen molar-refractivity contribution in [2.45, 2.75) is 25.7 Å². The van der Waals surface area contributed by atoms with Crippen LogP contribution in [0.5, 0.6) is 0 Å².